The van der Waals surface area contributed by atoms with Crippen LogP contribution in [0.25, 0.3) is 0 Å². The number of nitrogens with zero attached hydrogens (tertiary/aromatic N) is 5. The quantitative estimate of drug-likeness (QED) is 0.749. The Morgan fingerprint density at radius 3 is 2.92 bits per heavy atom. The fraction of sp³-hybridized carbons (Fsp3) is 0.529. The molecule has 2 aromatic rings. The van der Waals surface area contributed by atoms with Crippen LogP contribution in [-0.4, -0.2) is 43.7 Å². The van der Waals surface area contributed by atoms with Crippen molar-refractivity contribution in [2.75, 3.05) is 6.54 Å². The molecule has 0 N–H and O–H groups in total. The second-order valence-corrected chi connectivity index (χ2v) is 6.09. The summed E-state index contributed by atoms with van der Waals surface area (Å²) in [4.78, 5) is 14.5. The summed E-state index contributed by atoms with van der Waals surface area (Å²) >= 11 is 0. The largest absolute Gasteiger partial charge is 0.456 e. The summed E-state index contributed by atoms with van der Waals surface area (Å²) in [5, 5.41) is 11.5. The Kier molecular flexibility index (Phi) is 5.20. The molecule has 3 rings (SSSR count). The van der Waals surface area contributed by atoms with E-state index in [1.165, 1.54) is 11.1 Å². The SMILES string of the molecule is CCCn1nnnc1COC(=O)[C@H](C)N1CCc2ccccc2C1. The van der Waals surface area contributed by atoms with Crippen LogP contribution in [-0.2, 0) is 35.6 Å². The van der Waals surface area contributed by atoms with Gasteiger partial charge in [-0.25, -0.2) is 4.68 Å². The smallest absolute Gasteiger partial charge is 0.323 e. The topological polar surface area (TPSA) is 73.1 Å². The number of aryl methyl sites for hydroxylation is 1. The van der Waals surface area contributed by atoms with Crippen LogP contribution in [0.15, 0.2) is 24.3 Å². The highest BCUT2D eigenvalue weighted by Gasteiger charge is 2.26. The van der Waals surface area contributed by atoms with Gasteiger partial charge in [-0.15, -0.1) is 5.10 Å². The van der Waals surface area contributed by atoms with Gasteiger partial charge in [-0.1, -0.05) is 31.2 Å². The molecule has 24 heavy (non-hydrogen) atoms. The molecule has 7 heteroatoms. The minimum atomic E-state index is -0.283. The van der Waals surface area contributed by atoms with E-state index in [4.69, 9.17) is 4.74 Å². The summed E-state index contributed by atoms with van der Waals surface area (Å²) in [6, 6.07) is 8.10. The Labute approximate surface area is 141 Å². The molecule has 0 aliphatic carbocycles. The minimum Gasteiger partial charge on any atom is -0.456 e. The third kappa shape index (κ3) is 3.62. The average molecular weight is 329 g/mol. The Morgan fingerprint density at radius 2 is 2.12 bits per heavy atom. The van der Waals surface area contributed by atoms with Crippen molar-refractivity contribution in [2.24, 2.45) is 0 Å². The van der Waals surface area contributed by atoms with Gasteiger partial charge in [-0.2, -0.15) is 0 Å². The summed E-state index contributed by atoms with van der Waals surface area (Å²) in [5.41, 5.74) is 2.66. The number of benzene rings is 1. The lowest BCUT2D eigenvalue weighted by molar-refractivity contribution is -0.151. The maximum Gasteiger partial charge on any atom is 0.323 e. The van der Waals surface area contributed by atoms with Crippen LogP contribution in [0.4, 0.5) is 0 Å². The summed E-state index contributed by atoms with van der Waals surface area (Å²) in [5.74, 6) is 0.349. The van der Waals surface area contributed by atoms with Crippen LogP contribution >= 0.6 is 0 Å². The second-order valence-electron chi connectivity index (χ2n) is 6.09. The number of tetrazole rings is 1. The molecule has 0 radical (unpaired) electrons. The molecule has 128 valence electrons. The maximum atomic E-state index is 12.4. The van der Waals surface area contributed by atoms with Crippen LogP contribution < -0.4 is 0 Å². The van der Waals surface area contributed by atoms with Crippen molar-refractivity contribution < 1.29 is 9.53 Å². The average Bonchev–Trinajstić information content (AvgIpc) is 3.06. The highest BCUT2D eigenvalue weighted by molar-refractivity contribution is 5.75. The molecule has 1 aromatic heterocycles. The van der Waals surface area contributed by atoms with Crippen LogP contribution in [0.2, 0.25) is 0 Å². The molecule has 0 saturated heterocycles. The van der Waals surface area contributed by atoms with Gasteiger partial charge in [0, 0.05) is 19.6 Å². The van der Waals surface area contributed by atoms with Crippen molar-refractivity contribution in [3.05, 3.63) is 41.2 Å². The van der Waals surface area contributed by atoms with E-state index in [2.05, 4.69) is 38.6 Å². The molecule has 0 spiro atoms. The lowest BCUT2D eigenvalue weighted by atomic mass is 9.99. The third-order valence-electron chi connectivity index (χ3n) is 4.43. The van der Waals surface area contributed by atoms with Crippen LogP contribution in [0.1, 0.15) is 37.2 Å². The number of carbonyl (C=O) groups is 1. The molecule has 1 aliphatic heterocycles. The van der Waals surface area contributed by atoms with Crippen LogP contribution in [0.3, 0.4) is 0 Å². The molecular formula is C17H23N5O2. The van der Waals surface area contributed by atoms with E-state index in [1.807, 2.05) is 19.9 Å². The van der Waals surface area contributed by atoms with Crippen molar-refractivity contribution >= 4 is 5.97 Å². The van der Waals surface area contributed by atoms with E-state index < -0.39 is 0 Å². The van der Waals surface area contributed by atoms with E-state index in [-0.39, 0.29) is 18.6 Å². The monoisotopic (exact) mass is 329 g/mol. The number of esters is 1. The molecule has 1 aromatic carbocycles. The van der Waals surface area contributed by atoms with Gasteiger partial charge in [-0.3, -0.25) is 9.69 Å². The van der Waals surface area contributed by atoms with Gasteiger partial charge in [-0.05, 0) is 41.3 Å². The Bertz CT molecular complexity index is 700. The van der Waals surface area contributed by atoms with Crippen molar-refractivity contribution in [3.8, 4) is 0 Å². The zero-order valence-electron chi connectivity index (χ0n) is 14.2. The normalized spacial score (nSPS) is 15.8. The van der Waals surface area contributed by atoms with Gasteiger partial charge in [0.2, 0.25) is 0 Å². The third-order valence-corrected chi connectivity index (χ3v) is 4.43. The molecule has 1 atom stereocenters. The van der Waals surface area contributed by atoms with Gasteiger partial charge in [0.25, 0.3) is 0 Å². The van der Waals surface area contributed by atoms with Crippen LogP contribution in [0.5, 0.6) is 0 Å². The van der Waals surface area contributed by atoms with E-state index in [9.17, 15) is 4.79 Å². The number of rotatable bonds is 6. The Balaban J connectivity index is 1.56. The fourth-order valence-corrected chi connectivity index (χ4v) is 2.97. The highest BCUT2D eigenvalue weighted by atomic mass is 16.5. The molecule has 0 fully saturated rings. The standard InChI is InChI=1S/C17H23N5O2/c1-3-9-22-16(18-19-20-22)12-24-17(23)13(2)21-10-8-14-6-4-5-7-15(14)11-21/h4-7,13H,3,8-12H2,1-2H3/t13-/m0/s1. The fourth-order valence-electron chi connectivity index (χ4n) is 2.97. The molecule has 0 bridgehead atoms. The Hall–Kier alpha value is -2.28. The van der Waals surface area contributed by atoms with Gasteiger partial charge in [0.1, 0.15) is 6.04 Å². The van der Waals surface area contributed by atoms with Crippen molar-refractivity contribution in [1.29, 1.82) is 0 Å². The summed E-state index contributed by atoms with van der Waals surface area (Å²) in [7, 11) is 0. The van der Waals surface area contributed by atoms with E-state index in [1.54, 1.807) is 4.68 Å². The molecule has 7 nitrogen and oxygen atoms in total. The first-order chi connectivity index (χ1) is 11.7. The molecule has 0 amide bonds. The molecular weight excluding hydrogens is 306 g/mol. The number of fused-ring (bicyclic) bond motifs is 1. The van der Waals surface area contributed by atoms with Crippen molar-refractivity contribution in [3.63, 3.8) is 0 Å². The first-order valence-corrected chi connectivity index (χ1v) is 8.41. The minimum absolute atomic E-state index is 0.112. The summed E-state index contributed by atoms with van der Waals surface area (Å²) < 4.78 is 7.11. The molecule has 0 unspecified atom stereocenters. The lowest BCUT2D eigenvalue weighted by Crippen LogP contribution is -2.42. The van der Waals surface area contributed by atoms with E-state index in [0.717, 1.165) is 32.5 Å². The zero-order valence-corrected chi connectivity index (χ0v) is 14.2. The number of aromatic nitrogens is 4. The van der Waals surface area contributed by atoms with Gasteiger partial charge in [0.15, 0.2) is 12.4 Å². The number of hydrogen-bond donors (Lipinski definition) is 0. The first kappa shape index (κ1) is 16.6. The van der Waals surface area contributed by atoms with Crippen molar-refractivity contribution in [2.45, 2.75) is 52.4 Å². The molecule has 0 saturated carbocycles. The predicted octanol–water partition coefficient (Wildman–Crippen LogP) is 1.57. The molecule has 1 aliphatic rings. The zero-order chi connectivity index (χ0) is 16.9. The maximum absolute atomic E-state index is 12.4. The summed E-state index contributed by atoms with van der Waals surface area (Å²) in [6.07, 6.45) is 1.89. The predicted molar refractivity (Wildman–Crippen MR) is 87.9 cm³/mol. The van der Waals surface area contributed by atoms with Gasteiger partial charge < -0.3 is 4.74 Å². The van der Waals surface area contributed by atoms with Gasteiger partial charge in [0.05, 0.1) is 0 Å². The van der Waals surface area contributed by atoms with E-state index >= 15 is 0 Å². The highest BCUT2D eigenvalue weighted by Crippen LogP contribution is 2.20. The Morgan fingerprint density at radius 1 is 1.33 bits per heavy atom. The lowest BCUT2D eigenvalue weighted by Gasteiger charge is -2.32. The molecule has 2 heterocycles. The number of ether oxygens (including phenoxy) is 1. The van der Waals surface area contributed by atoms with Crippen molar-refractivity contribution in [1.82, 2.24) is 25.1 Å². The number of carbonyl (C=O) groups excluding carboxylic acids is 1. The second kappa shape index (κ2) is 7.53. The van der Waals surface area contributed by atoms with Gasteiger partial charge >= 0.3 is 5.97 Å². The van der Waals surface area contributed by atoms with Crippen LogP contribution in [0, 0.1) is 0 Å². The first-order valence-electron chi connectivity index (χ1n) is 8.41. The number of hydrogen-bond acceptors (Lipinski definition) is 6. The summed E-state index contributed by atoms with van der Waals surface area (Å²) in [6.45, 7) is 6.42. The van der Waals surface area contributed by atoms with E-state index in [0.29, 0.717) is 5.82 Å².